The Hall–Kier alpha value is -2.35. The molecule has 5 nitrogen and oxygen atoms in total. The Bertz CT molecular complexity index is 610. The Kier molecular flexibility index (Phi) is 5.33. The summed E-state index contributed by atoms with van der Waals surface area (Å²) in [7, 11) is 0. The molecule has 0 aliphatic rings. The normalized spacial score (nSPS) is 10.3. The van der Waals surface area contributed by atoms with Gasteiger partial charge >= 0.3 is 0 Å². The first-order valence-corrected chi connectivity index (χ1v) is 7.26. The second-order valence-corrected chi connectivity index (χ2v) is 4.98. The molecule has 1 heterocycles. The van der Waals surface area contributed by atoms with E-state index in [2.05, 4.69) is 23.3 Å². The average molecular weight is 284 g/mol. The summed E-state index contributed by atoms with van der Waals surface area (Å²) >= 11 is 0. The van der Waals surface area contributed by atoms with Crippen molar-refractivity contribution in [1.82, 2.24) is 15.0 Å². The fraction of sp³-hybridized carbons (Fsp3) is 0.438. The van der Waals surface area contributed by atoms with E-state index in [1.165, 1.54) is 5.56 Å². The van der Waals surface area contributed by atoms with Crippen molar-refractivity contribution in [3.05, 3.63) is 41.2 Å². The topological polar surface area (TPSA) is 63.7 Å². The highest BCUT2D eigenvalue weighted by Gasteiger charge is 2.11. The quantitative estimate of drug-likeness (QED) is 0.784. The zero-order valence-corrected chi connectivity index (χ0v) is 12.5. The van der Waals surface area contributed by atoms with Crippen LogP contribution in [0.25, 0.3) is 0 Å². The minimum Gasteiger partial charge on any atom is -0.492 e. The lowest BCUT2D eigenvalue weighted by molar-refractivity contribution is 0.287. The van der Waals surface area contributed by atoms with Gasteiger partial charge in [-0.05, 0) is 31.9 Å². The fourth-order valence-electron chi connectivity index (χ4n) is 2.08. The lowest BCUT2D eigenvalue weighted by atomic mass is 10.2. The van der Waals surface area contributed by atoms with E-state index in [1.54, 1.807) is 4.68 Å². The van der Waals surface area contributed by atoms with Crippen molar-refractivity contribution in [2.45, 2.75) is 39.7 Å². The molecular formula is C16H20N4O. The van der Waals surface area contributed by atoms with Gasteiger partial charge in [-0.15, -0.1) is 5.10 Å². The van der Waals surface area contributed by atoms with Crippen molar-refractivity contribution in [2.75, 3.05) is 6.61 Å². The van der Waals surface area contributed by atoms with Crippen molar-refractivity contribution in [3.8, 4) is 11.8 Å². The third-order valence-electron chi connectivity index (χ3n) is 3.30. The summed E-state index contributed by atoms with van der Waals surface area (Å²) in [6.07, 6.45) is 2.94. The van der Waals surface area contributed by atoms with Gasteiger partial charge in [-0.25, -0.2) is 4.68 Å². The van der Waals surface area contributed by atoms with Gasteiger partial charge in [0.05, 0.1) is 12.2 Å². The molecule has 0 fully saturated rings. The van der Waals surface area contributed by atoms with Gasteiger partial charge in [-0.1, -0.05) is 36.3 Å². The summed E-state index contributed by atoms with van der Waals surface area (Å²) < 4.78 is 7.48. The number of unbranched alkanes of at least 4 members (excludes halogenated alkanes) is 1. The summed E-state index contributed by atoms with van der Waals surface area (Å²) in [5, 5.41) is 17.0. The summed E-state index contributed by atoms with van der Waals surface area (Å²) in [4.78, 5) is 0. The van der Waals surface area contributed by atoms with Gasteiger partial charge in [-0.3, -0.25) is 0 Å². The van der Waals surface area contributed by atoms with Crippen LogP contribution in [-0.4, -0.2) is 21.6 Å². The van der Waals surface area contributed by atoms with E-state index < -0.39 is 0 Å². The number of nitriles is 1. The van der Waals surface area contributed by atoms with Crippen LogP contribution in [0.5, 0.6) is 5.75 Å². The van der Waals surface area contributed by atoms with E-state index in [-0.39, 0.29) is 0 Å². The Balaban J connectivity index is 1.95. The number of hydrogen-bond donors (Lipinski definition) is 0. The average Bonchev–Trinajstić information content (AvgIpc) is 2.89. The Morgan fingerprint density at radius 3 is 2.71 bits per heavy atom. The third kappa shape index (κ3) is 4.06. The van der Waals surface area contributed by atoms with Crippen LogP contribution in [-0.2, 0) is 13.0 Å². The number of ether oxygens (including phenoxy) is 1. The van der Waals surface area contributed by atoms with Gasteiger partial charge in [0.1, 0.15) is 18.4 Å². The Morgan fingerprint density at radius 1 is 1.29 bits per heavy atom. The lowest BCUT2D eigenvalue weighted by Gasteiger charge is -2.08. The van der Waals surface area contributed by atoms with Crippen LogP contribution in [0.1, 0.15) is 36.7 Å². The van der Waals surface area contributed by atoms with E-state index in [1.807, 2.05) is 31.2 Å². The maximum atomic E-state index is 9.06. The number of aryl methyl sites for hydroxylation is 1. The molecule has 0 saturated carbocycles. The first kappa shape index (κ1) is 15.0. The van der Waals surface area contributed by atoms with Gasteiger partial charge in [0.25, 0.3) is 0 Å². The molecular weight excluding hydrogens is 264 g/mol. The number of aromatic nitrogens is 3. The second kappa shape index (κ2) is 7.44. The molecule has 0 unspecified atom stereocenters. The molecule has 0 amide bonds. The molecule has 0 atom stereocenters. The van der Waals surface area contributed by atoms with Crippen molar-refractivity contribution in [3.63, 3.8) is 0 Å². The first-order valence-electron chi connectivity index (χ1n) is 7.26. The van der Waals surface area contributed by atoms with E-state index in [0.29, 0.717) is 18.8 Å². The third-order valence-corrected chi connectivity index (χ3v) is 3.30. The number of nitrogens with zero attached hydrogens (tertiary/aromatic N) is 4. The summed E-state index contributed by atoms with van der Waals surface area (Å²) in [5.74, 6) is 0.844. The Labute approximate surface area is 125 Å². The van der Waals surface area contributed by atoms with Gasteiger partial charge < -0.3 is 4.74 Å². The maximum absolute atomic E-state index is 9.06. The van der Waals surface area contributed by atoms with Crippen LogP contribution < -0.4 is 4.74 Å². The molecule has 0 aliphatic heterocycles. The molecule has 0 saturated heterocycles. The highest BCUT2D eigenvalue weighted by atomic mass is 16.5. The zero-order chi connectivity index (χ0) is 15.1. The molecule has 2 rings (SSSR count). The smallest absolute Gasteiger partial charge is 0.185 e. The standard InChI is InChI=1S/C16H20N4O/c1-3-4-5-16-15(12-17)18-19-20(16)10-11-21-14-8-6-13(2)7-9-14/h6-9H,3-5,10-11H2,1-2H3. The second-order valence-electron chi connectivity index (χ2n) is 4.98. The first-order chi connectivity index (χ1) is 10.2. The summed E-state index contributed by atoms with van der Waals surface area (Å²) in [6.45, 7) is 5.28. The molecule has 0 spiro atoms. The monoisotopic (exact) mass is 284 g/mol. The SMILES string of the molecule is CCCCc1c(C#N)nnn1CCOc1ccc(C)cc1. The van der Waals surface area contributed by atoms with Crippen LogP contribution in [0.3, 0.4) is 0 Å². The molecule has 0 bridgehead atoms. The summed E-state index contributed by atoms with van der Waals surface area (Å²) in [5.41, 5.74) is 2.55. The van der Waals surface area contributed by atoms with Crippen LogP contribution in [0, 0.1) is 18.3 Å². The molecule has 110 valence electrons. The zero-order valence-electron chi connectivity index (χ0n) is 12.5. The molecule has 1 aromatic carbocycles. The van der Waals surface area contributed by atoms with Gasteiger partial charge in [0.15, 0.2) is 5.69 Å². The van der Waals surface area contributed by atoms with E-state index in [0.717, 1.165) is 30.7 Å². The van der Waals surface area contributed by atoms with Crippen LogP contribution in [0.2, 0.25) is 0 Å². The predicted octanol–water partition coefficient (Wildman–Crippen LogP) is 2.88. The molecule has 0 radical (unpaired) electrons. The van der Waals surface area contributed by atoms with Gasteiger partial charge in [0, 0.05) is 0 Å². The van der Waals surface area contributed by atoms with Crippen LogP contribution in [0.15, 0.2) is 24.3 Å². The van der Waals surface area contributed by atoms with Crippen molar-refractivity contribution in [1.29, 1.82) is 5.26 Å². The predicted molar refractivity (Wildman–Crippen MR) is 80.0 cm³/mol. The fourth-order valence-corrected chi connectivity index (χ4v) is 2.08. The maximum Gasteiger partial charge on any atom is 0.185 e. The highest BCUT2D eigenvalue weighted by molar-refractivity contribution is 5.26. The van der Waals surface area contributed by atoms with Crippen LogP contribution >= 0.6 is 0 Å². The van der Waals surface area contributed by atoms with Crippen molar-refractivity contribution >= 4 is 0 Å². The Morgan fingerprint density at radius 2 is 2.05 bits per heavy atom. The van der Waals surface area contributed by atoms with Gasteiger partial charge in [0.2, 0.25) is 0 Å². The molecule has 0 N–H and O–H groups in total. The molecule has 5 heteroatoms. The molecule has 2 aromatic rings. The number of hydrogen-bond acceptors (Lipinski definition) is 4. The van der Waals surface area contributed by atoms with Crippen molar-refractivity contribution in [2.24, 2.45) is 0 Å². The van der Waals surface area contributed by atoms with Crippen LogP contribution in [0.4, 0.5) is 0 Å². The van der Waals surface area contributed by atoms with Crippen molar-refractivity contribution < 1.29 is 4.74 Å². The summed E-state index contributed by atoms with van der Waals surface area (Å²) in [6, 6.07) is 10.0. The van der Waals surface area contributed by atoms with E-state index in [4.69, 9.17) is 10.00 Å². The van der Waals surface area contributed by atoms with E-state index in [9.17, 15) is 0 Å². The largest absolute Gasteiger partial charge is 0.492 e. The molecule has 1 aromatic heterocycles. The van der Waals surface area contributed by atoms with Gasteiger partial charge in [-0.2, -0.15) is 5.26 Å². The molecule has 21 heavy (non-hydrogen) atoms. The minimum atomic E-state index is 0.429. The molecule has 0 aliphatic carbocycles. The lowest BCUT2D eigenvalue weighted by Crippen LogP contribution is -2.12. The van der Waals surface area contributed by atoms with E-state index >= 15 is 0 Å². The number of benzene rings is 1. The number of rotatable bonds is 7. The highest BCUT2D eigenvalue weighted by Crippen LogP contribution is 2.12. The minimum absolute atomic E-state index is 0.429.